The SMILES string of the molecule is C[C@@H]1OCC2(CCN(c3ncc(Sc4ccnc5c4OCC4(CCC4)N5C)nc3CO)CC2)[C@@H]1NC(=O)OC(C)(C)C. The first kappa shape index (κ1) is 29.3. The number of hydrogen-bond acceptors (Lipinski definition) is 11. The van der Waals surface area contributed by atoms with E-state index in [4.69, 9.17) is 24.2 Å². The van der Waals surface area contributed by atoms with Crippen molar-refractivity contribution in [2.45, 2.75) is 99.6 Å². The molecule has 0 unspecified atom stereocenters. The molecule has 2 aromatic rings. The van der Waals surface area contributed by atoms with Gasteiger partial charge in [-0.1, -0.05) is 11.8 Å². The first-order valence-electron chi connectivity index (χ1n) is 14.9. The molecule has 1 amide bonds. The van der Waals surface area contributed by atoms with Crippen LogP contribution >= 0.6 is 11.8 Å². The maximum absolute atomic E-state index is 12.6. The van der Waals surface area contributed by atoms with E-state index in [2.05, 4.69) is 27.1 Å². The second kappa shape index (κ2) is 11.0. The Morgan fingerprint density at radius 3 is 2.62 bits per heavy atom. The zero-order valence-electron chi connectivity index (χ0n) is 25.2. The first-order chi connectivity index (χ1) is 20.0. The van der Waals surface area contributed by atoms with E-state index in [1.165, 1.54) is 18.2 Å². The van der Waals surface area contributed by atoms with Gasteiger partial charge in [0.1, 0.15) is 22.9 Å². The van der Waals surface area contributed by atoms with Gasteiger partial charge in [-0.05, 0) is 65.9 Å². The van der Waals surface area contributed by atoms with Gasteiger partial charge in [-0.2, -0.15) is 0 Å². The summed E-state index contributed by atoms with van der Waals surface area (Å²) in [4.78, 5) is 32.2. The highest BCUT2D eigenvalue weighted by Gasteiger charge is 2.51. The van der Waals surface area contributed by atoms with Crippen LogP contribution in [0.25, 0.3) is 0 Å². The lowest BCUT2D eigenvalue weighted by Gasteiger charge is -2.51. The molecule has 1 saturated carbocycles. The van der Waals surface area contributed by atoms with Crippen molar-refractivity contribution in [2.24, 2.45) is 5.41 Å². The number of hydrogen-bond donors (Lipinski definition) is 2. The number of rotatable bonds is 5. The van der Waals surface area contributed by atoms with E-state index in [1.54, 1.807) is 6.20 Å². The van der Waals surface area contributed by atoms with E-state index in [9.17, 15) is 9.90 Å². The van der Waals surface area contributed by atoms with Crippen molar-refractivity contribution in [1.82, 2.24) is 20.3 Å². The number of pyridine rings is 1. The largest absolute Gasteiger partial charge is 0.486 e. The molecule has 6 rings (SSSR count). The summed E-state index contributed by atoms with van der Waals surface area (Å²) < 4.78 is 17.8. The third-order valence-electron chi connectivity index (χ3n) is 9.31. The third-order valence-corrected chi connectivity index (χ3v) is 10.3. The number of carbonyl (C=O) groups excluding carboxylic acids is 1. The van der Waals surface area contributed by atoms with Gasteiger partial charge in [-0.15, -0.1) is 0 Å². The molecule has 12 heteroatoms. The maximum atomic E-state index is 12.6. The summed E-state index contributed by atoms with van der Waals surface area (Å²) in [6.45, 7) is 10.1. The van der Waals surface area contributed by atoms with E-state index in [1.807, 2.05) is 40.0 Å². The molecule has 2 spiro atoms. The van der Waals surface area contributed by atoms with E-state index >= 15 is 0 Å². The highest BCUT2D eigenvalue weighted by Crippen LogP contribution is 2.49. The van der Waals surface area contributed by atoms with E-state index in [0.717, 1.165) is 55.2 Å². The van der Waals surface area contributed by atoms with Crippen LogP contribution in [0.1, 0.15) is 65.5 Å². The molecule has 2 aromatic heterocycles. The molecule has 2 atom stereocenters. The van der Waals surface area contributed by atoms with Gasteiger partial charge in [0.25, 0.3) is 0 Å². The number of piperidine rings is 1. The Bertz CT molecular complexity index is 1320. The van der Waals surface area contributed by atoms with Crippen LogP contribution in [0.3, 0.4) is 0 Å². The molecule has 11 nitrogen and oxygen atoms in total. The number of anilines is 2. The predicted molar refractivity (Wildman–Crippen MR) is 159 cm³/mol. The van der Waals surface area contributed by atoms with Crippen LogP contribution in [0.15, 0.2) is 28.4 Å². The Morgan fingerprint density at radius 2 is 1.95 bits per heavy atom. The summed E-state index contributed by atoms with van der Waals surface area (Å²) in [5.41, 5.74) is -0.131. The molecule has 228 valence electrons. The topological polar surface area (TPSA) is 122 Å². The molecule has 2 saturated heterocycles. The smallest absolute Gasteiger partial charge is 0.407 e. The minimum Gasteiger partial charge on any atom is -0.486 e. The number of nitrogens with one attached hydrogen (secondary N) is 1. The number of fused-ring (bicyclic) bond motifs is 1. The first-order valence-corrected chi connectivity index (χ1v) is 15.7. The molecule has 0 radical (unpaired) electrons. The fraction of sp³-hybridized carbons (Fsp3) is 0.667. The number of aromatic nitrogens is 3. The standard InChI is InChI=1S/C30H42N6O5S/c1-19-24(34-27(38)41-28(2,3)4)29(17-39-19)10-13-36(14-11-29)25-20(16-37)33-22(15-32-25)42-21-7-12-31-26-23(21)40-18-30(35(26)5)8-6-9-30/h7,12,15,19,24,37H,6,8-11,13-14,16-18H2,1-5H3,(H,34,38)/t19-,24+/m0/s1. The molecule has 0 aromatic carbocycles. The summed E-state index contributed by atoms with van der Waals surface area (Å²) in [5, 5.41) is 14.1. The van der Waals surface area contributed by atoms with Crippen LogP contribution in [0.4, 0.5) is 16.4 Å². The molecule has 4 aliphatic rings. The van der Waals surface area contributed by atoms with Gasteiger partial charge >= 0.3 is 6.09 Å². The number of carbonyl (C=O) groups is 1. The maximum Gasteiger partial charge on any atom is 0.407 e. The third kappa shape index (κ3) is 5.37. The number of likely N-dealkylation sites (N-methyl/N-ethyl adjacent to an activating group) is 1. The van der Waals surface area contributed by atoms with E-state index in [-0.39, 0.29) is 29.7 Å². The van der Waals surface area contributed by atoms with Gasteiger partial charge in [0.2, 0.25) is 0 Å². The summed E-state index contributed by atoms with van der Waals surface area (Å²) in [6.07, 6.45) is 8.17. The van der Waals surface area contributed by atoms with Gasteiger partial charge in [-0.25, -0.2) is 19.7 Å². The molecule has 3 fully saturated rings. The molecule has 3 aliphatic heterocycles. The van der Waals surface area contributed by atoms with Crippen molar-refractivity contribution in [3.05, 3.63) is 24.2 Å². The minimum absolute atomic E-state index is 0.0658. The Hall–Kier alpha value is -2.83. The second-order valence-electron chi connectivity index (χ2n) is 13.1. The fourth-order valence-corrected chi connectivity index (χ4v) is 7.57. The number of nitrogens with zero attached hydrogens (tertiary/aromatic N) is 5. The van der Waals surface area contributed by atoms with Crippen LogP contribution in [0.2, 0.25) is 0 Å². The van der Waals surface area contributed by atoms with Gasteiger partial charge in [0, 0.05) is 31.7 Å². The van der Waals surface area contributed by atoms with Gasteiger partial charge in [0.15, 0.2) is 17.4 Å². The van der Waals surface area contributed by atoms with Gasteiger partial charge in [-0.3, -0.25) is 0 Å². The van der Waals surface area contributed by atoms with Crippen molar-refractivity contribution in [3.8, 4) is 5.75 Å². The number of aliphatic hydroxyl groups is 1. The van der Waals surface area contributed by atoms with Crippen molar-refractivity contribution in [1.29, 1.82) is 0 Å². The molecule has 2 N–H and O–H groups in total. The average molecular weight is 599 g/mol. The number of alkyl carbamates (subject to hydrolysis) is 1. The van der Waals surface area contributed by atoms with E-state index < -0.39 is 11.7 Å². The van der Waals surface area contributed by atoms with Crippen LogP contribution < -0.4 is 19.9 Å². The quantitative estimate of drug-likeness (QED) is 0.516. The molecular weight excluding hydrogens is 556 g/mol. The predicted octanol–water partition coefficient (Wildman–Crippen LogP) is 4.17. The van der Waals surface area contributed by atoms with Gasteiger partial charge < -0.3 is 34.4 Å². The minimum atomic E-state index is -0.563. The fourth-order valence-electron chi connectivity index (χ4n) is 6.71. The molecular formula is C30H42N6O5S. The normalized spacial score (nSPS) is 24.2. The van der Waals surface area contributed by atoms with Crippen LogP contribution in [0.5, 0.6) is 5.75 Å². The molecule has 42 heavy (non-hydrogen) atoms. The highest BCUT2D eigenvalue weighted by molar-refractivity contribution is 7.99. The monoisotopic (exact) mass is 598 g/mol. The van der Waals surface area contributed by atoms with Crippen LogP contribution in [0, 0.1) is 5.41 Å². The number of aliphatic hydroxyl groups excluding tert-OH is 1. The number of amides is 1. The zero-order chi connectivity index (χ0) is 29.7. The van der Waals surface area contributed by atoms with Gasteiger partial charge in [0.05, 0.1) is 42.0 Å². The lowest BCUT2D eigenvalue weighted by atomic mass is 9.73. The summed E-state index contributed by atoms with van der Waals surface area (Å²) in [7, 11) is 2.11. The van der Waals surface area contributed by atoms with Crippen LogP contribution in [-0.2, 0) is 16.1 Å². The summed E-state index contributed by atoms with van der Waals surface area (Å²) in [6, 6.07) is 1.81. The lowest BCUT2D eigenvalue weighted by molar-refractivity contribution is 0.0434. The van der Waals surface area contributed by atoms with Crippen molar-refractivity contribution >= 4 is 29.5 Å². The van der Waals surface area contributed by atoms with Crippen molar-refractivity contribution < 1.29 is 24.1 Å². The van der Waals surface area contributed by atoms with E-state index in [0.29, 0.717) is 29.8 Å². The Kier molecular flexibility index (Phi) is 7.68. The number of ether oxygens (including phenoxy) is 3. The molecule has 1 aliphatic carbocycles. The average Bonchev–Trinajstić information content (AvgIpc) is 3.22. The summed E-state index contributed by atoms with van der Waals surface area (Å²) in [5.74, 6) is 2.34. The lowest BCUT2D eigenvalue weighted by Crippen LogP contribution is -2.58. The van der Waals surface area contributed by atoms with Crippen LogP contribution in [-0.4, -0.2) is 82.8 Å². The second-order valence-corrected chi connectivity index (χ2v) is 14.2. The zero-order valence-corrected chi connectivity index (χ0v) is 26.0. The van der Waals surface area contributed by atoms with Crippen molar-refractivity contribution in [3.63, 3.8) is 0 Å². The Balaban J connectivity index is 1.14. The molecule has 0 bridgehead atoms. The summed E-state index contributed by atoms with van der Waals surface area (Å²) >= 11 is 1.48. The van der Waals surface area contributed by atoms with Crippen molar-refractivity contribution in [2.75, 3.05) is 43.2 Å². The Morgan fingerprint density at radius 1 is 1.19 bits per heavy atom. The Labute approximate surface area is 251 Å². The highest BCUT2D eigenvalue weighted by atomic mass is 32.2. The molecule has 5 heterocycles.